The van der Waals surface area contributed by atoms with Crippen molar-refractivity contribution < 1.29 is 9.21 Å². The topological polar surface area (TPSA) is 54.6 Å². The molecule has 0 bridgehead atoms. The zero-order valence-corrected chi connectivity index (χ0v) is 16.2. The molecule has 0 aliphatic carbocycles. The molecular formula is C19H14ClIN2O2. The Bertz CT molecular complexity index is 950. The van der Waals surface area contributed by atoms with Gasteiger partial charge < -0.3 is 4.42 Å². The summed E-state index contributed by atoms with van der Waals surface area (Å²) >= 11 is 8.30. The van der Waals surface area contributed by atoms with Crippen molar-refractivity contribution in [1.82, 2.24) is 5.43 Å². The molecule has 1 heterocycles. The number of hydrazone groups is 1. The van der Waals surface area contributed by atoms with Crippen molar-refractivity contribution in [2.45, 2.75) is 6.92 Å². The summed E-state index contributed by atoms with van der Waals surface area (Å²) in [5, 5.41) is 4.63. The molecule has 126 valence electrons. The summed E-state index contributed by atoms with van der Waals surface area (Å²) < 4.78 is 6.70. The molecule has 0 unspecified atom stereocenters. The molecule has 1 N–H and O–H groups in total. The molecule has 3 aromatic rings. The van der Waals surface area contributed by atoms with E-state index in [1.807, 2.05) is 43.3 Å². The number of aryl methyl sites for hydroxylation is 1. The molecule has 0 radical (unpaired) electrons. The zero-order valence-electron chi connectivity index (χ0n) is 13.3. The van der Waals surface area contributed by atoms with Crippen LogP contribution in [-0.4, -0.2) is 12.1 Å². The van der Waals surface area contributed by atoms with Crippen LogP contribution in [0.2, 0.25) is 5.02 Å². The van der Waals surface area contributed by atoms with Crippen molar-refractivity contribution in [3.05, 3.63) is 80.1 Å². The monoisotopic (exact) mass is 464 g/mol. The summed E-state index contributed by atoms with van der Waals surface area (Å²) in [6.45, 7) is 1.95. The number of nitrogens with one attached hydrogen (secondary N) is 1. The Balaban J connectivity index is 1.67. The number of amides is 1. The van der Waals surface area contributed by atoms with Gasteiger partial charge >= 0.3 is 0 Å². The molecule has 0 aliphatic heterocycles. The van der Waals surface area contributed by atoms with Crippen LogP contribution in [0.3, 0.4) is 0 Å². The Morgan fingerprint density at radius 2 is 2.04 bits per heavy atom. The van der Waals surface area contributed by atoms with Crippen LogP contribution in [0.4, 0.5) is 0 Å². The summed E-state index contributed by atoms with van der Waals surface area (Å²) in [4.78, 5) is 12.0. The number of furan rings is 1. The fourth-order valence-electron chi connectivity index (χ4n) is 2.17. The molecule has 3 rings (SSSR count). The maximum Gasteiger partial charge on any atom is 0.271 e. The van der Waals surface area contributed by atoms with Gasteiger partial charge in [-0.05, 0) is 71.5 Å². The van der Waals surface area contributed by atoms with Gasteiger partial charge in [-0.25, -0.2) is 5.43 Å². The molecule has 1 aromatic heterocycles. The molecule has 0 fully saturated rings. The Morgan fingerprint density at radius 3 is 2.80 bits per heavy atom. The zero-order chi connectivity index (χ0) is 17.8. The van der Waals surface area contributed by atoms with Crippen LogP contribution in [0.25, 0.3) is 11.3 Å². The first-order chi connectivity index (χ1) is 12.0. The van der Waals surface area contributed by atoms with Crippen molar-refractivity contribution in [2.75, 3.05) is 0 Å². The number of hydrogen-bond donors (Lipinski definition) is 1. The van der Waals surface area contributed by atoms with Crippen LogP contribution in [0.15, 0.2) is 64.1 Å². The molecule has 6 heteroatoms. The highest BCUT2D eigenvalue weighted by Gasteiger charge is 2.06. The predicted octanol–water partition coefficient (Wildman–Crippen LogP) is 5.28. The van der Waals surface area contributed by atoms with E-state index in [2.05, 4.69) is 33.1 Å². The summed E-state index contributed by atoms with van der Waals surface area (Å²) in [6.07, 6.45) is 1.46. The van der Waals surface area contributed by atoms with Crippen molar-refractivity contribution in [1.29, 1.82) is 0 Å². The summed E-state index contributed by atoms with van der Waals surface area (Å²) in [6, 6.07) is 16.6. The third kappa shape index (κ3) is 4.49. The van der Waals surface area contributed by atoms with E-state index in [0.29, 0.717) is 22.1 Å². The molecule has 25 heavy (non-hydrogen) atoms. The normalized spacial score (nSPS) is 11.0. The fourth-order valence-corrected chi connectivity index (χ4v) is 2.90. The Kier molecular flexibility index (Phi) is 5.55. The Labute approximate surface area is 164 Å². The largest absolute Gasteiger partial charge is 0.455 e. The number of benzene rings is 2. The predicted molar refractivity (Wildman–Crippen MR) is 108 cm³/mol. The average Bonchev–Trinajstić information content (AvgIpc) is 3.06. The van der Waals surface area contributed by atoms with Crippen LogP contribution in [0.1, 0.15) is 21.7 Å². The quantitative estimate of drug-likeness (QED) is 0.325. The Hall–Kier alpha value is -2.12. The standard InChI is InChI=1S/C19H14ClIN2O2/c1-12-5-6-13(10-17(12)20)18-8-7-16(25-18)11-22-23-19(24)14-3-2-4-15(21)9-14/h2-11H,1H3,(H,23,24). The highest BCUT2D eigenvalue weighted by atomic mass is 127. The van der Waals surface area contributed by atoms with Gasteiger partial charge in [0.2, 0.25) is 0 Å². The molecular weight excluding hydrogens is 451 g/mol. The van der Waals surface area contributed by atoms with Crippen molar-refractivity contribution >= 4 is 46.3 Å². The van der Waals surface area contributed by atoms with Crippen molar-refractivity contribution in [3.8, 4) is 11.3 Å². The first-order valence-corrected chi connectivity index (χ1v) is 8.94. The second kappa shape index (κ2) is 7.84. The smallest absolute Gasteiger partial charge is 0.271 e. The number of carbonyl (C=O) groups excluding carboxylic acids is 1. The van der Waals surface area contributed by atoms with Gasteiger partial charge in [-0.1, -0.05) is 29.8 Å². The minimum absolute atomic E-state index is 0.271. The second-order valence-electron chi connectivity index (χ2n) is 5.38. The van der Waals surface area contributed by atoms with Gasteiger partial charge in [-0.15, -0.1) is 0 Å². The molecule has 0 aliphatic rings. The summed E-state index contributed by atoms with van der Waals surface area (Å²) in [5.41, 5.74) is 4.94. The minimum atomic E-state index is -0.271. The maximum atomic E-state index is 12.0. The maximum absolute atomic E-state index is 12.0. The van der Waals surface area contributed by atoms with E-state index in [1.54, 1.807) is 18.2 Å². The Morgan fingerprint density at radius 1 is 1.20 bits per heavy atom. The third-order valence-corrected chi connectivity index (χ3v) is 4.61. The van der Waals surface area contributed by atoms with E-state index in [0.717, 1.165) is 14.7 Å². The minimum Gasteiger partial charge on any atom is -0.455 e. The van der Waals surface area contributed by atoms with Gasteiger partial charge in [0.15, 0.2) is 0 Å². The lowest BCUT2D eigenvalue weighted by atomic mass is 10.1. The third-order valence-electron chi connectivity index (χ3n) is 3.53. The molecule has 0 atom stereocenters. The highest BCUT2D eigenvalue weighted by Crippen LogP contribution is 2.26. The first kappa shape index (κ1) is 17.7. The van der Waals surface area contributed by atoms with Gasteiger partial charge in [0, 0.05) is 19.7 Å². The van der Waals surface area contributed by atoms with E-state index in [1.165, 1.54) is 6.21 Å². The average molecular weight is 465 g/mol. The van der Waals surface area contributed by atoms with Crippen LogP contribution < -0.4 is 5.43 Å². The number of hydrogen-bond acceptors (Lipinski definition) is 3. The lowest BCUT2D eigenvalue weighted by Crippen LogP contribution is -2.17. The van der Waals surface area contributed by atoms with E-state index >= 15 is 0 Å². The summed E-state index contributed by atoms with van der Waals surface area (Å²) in [7, 11) is 0. The van der Waals surface area contributed by atoms with Crippen molar-refractivity contribution in [3.63, 3.8) is 0 Å². The van der Waals surface area contributed by atoms with E-state index in [4.69, 9.17) is 16.0 Å². The van der Waals surface area contributed by atoms with Crippen LogP contribution in [0.5, 0.6) is 0 Å². The van der Waals surface area contributed by atoms with Crippen LogP contribution >= 0.6 is 34.2 Å². The van der Waals surface area contributed by atoms with Gasteiger partial charge in [0.1, 0.15) is 11.5 Å². The molecule has 0 spiro atoms. The van der Waals surface area contributed by atoms with Gasteiger partial charge in [-0.3, -0.25) is 4.79 Å². The molecule has 2 aromatic carbocycles. The highest BCUT2D eigenvalue weighted by molar-refractivity contribution is 14.1. The number of rotatable bonds is 4. The second-order valence-corrected chi connectivity index (χ2v) is 7.03. The molecule has 0 saturated carbocycles. The fraction of sp³-hybridized carbons (Fsp3) is 0.0526. The van der Waals surface area contributed by atoms with Gasteiger partial charge in [-0.2, -0.15) is 5.10 Å². The lowest BCUT2D eigenvalue weighted by Gasteiger charge is -2.01. The lowest BCUT2D eigenvalue weighted by molar-refractivity contribution is 0.0955. The van der Waals surface area contributed by atoms with Gasteiger partial charge in [0.25, 0.3) is 5.91 Å². The van der Waals surface area contributed by atoms with E-state index in [-0.39, 0.29) is 5.91 Å². The van der Waals surface area contributed by atoms with Crippen LogP contribution in [-0.2, 0) is 0 Å². The number of carbonyl (C=O) groups is 1. The summed E-state index contributed by atoms with van der Waals surface area (Å²) in [5.74, 6) is 0.953. The number of halogens is 2. The molecule has 1 amide bonds. The van der Waals surface area contributed by atoms with Gasteiger partial charge in [0.05, 0.1) is 6.21 Å². The SMILES string of the molecule is Cc1ccc(-c2ccc(C=NNC(=O)c3cccc(I)c3)o2)cc1Cl. The van der Waals surface area contributed by atoms with Crippen LogP contribution in [0, 0.1) is 10.5 Å². The molecule has 4 nitrogen and oxygen atoms in total. The number of nitrogens with zero attached hydrogens (tertiary/aromatic N) is 1. The molecule has 0 saturated heterocycles. The van der Waals surface area contributed by atoms with E-state index < -0.39 is 0 Å². The van der Waals surface area contributed by atoms with Crippen molar-refractivity contribution in [2.24, 2.45) is 5.10 Å². The first-order valence-electron chi connectivity index (χ1n) is 7.48. The van der Waals surface area contributed by atoms with E-state index in [9.17, 15) is 4.79 Å².